The smallest absolute Gasteiger partial charge is 0.387 e. The normalized spacial score (nSPS) is 11.6. The summed E-state index contributed by atoms with van der Waals surface area (Å²) in [6.45, 7) is 3.25. The zero-order valence-electron chi connectivity index (χ0n) is 16.8. The van der Waals surface area contributed by atoms with Crippen molar-refractivity contribution < 1.29 is 13.5 Å². The van der Waals surface area contributed by atoms with Crippen LogP contribution in [0.2, 0.25) is 0 Å². The van der Waals surface area contributed by atoms with Gasteiger partial charge in [-0.1, -0.05) is 24.3 Å². The monoisotopic (exact) mass is 406 g/mol. The van der Waals surface area contributed by atoms with Gasteiger partial charge in [-0.3, -0.25) is 4.79 Å². The fraction of sp³-hybridized carbons (Fsp3) is 0.429. The molecule has 0 fully saturated rings. The van der Waals surface area contributed by atoms with Crippen LogP contribution in [0, 0.1) is 6.92 Å². The van der Waals surface area contributed by atoms with E-state index in [1.54, 1.807) is 34.9 Å². The Morgan fingerprint density at radius 1 is 1.14 bits per heavy atom. The molecule has 0 saturated heterocycles. The van der Waals surface area contributed by atoms with Crippen LogP contribution in [-0.2, 0) is 13.1 Å². The summed E-state index contributed by atoms with van der Waals surface area (Å²) in [5.74, 6) is 0.734. The number of nitrogens with one attached hydrogen (secondary N) is 2. The molecule has 0 unspecified atom stereocenters. The van der Waals surface area contributed by atoms with Crippen molar-refractivity contribution in [3.8, 4) is 5.75 Å². The predicted octanol–water partition coefficient (Wildman–Crippen LogP) is 3.29. The van der Waals surface area contributed by atoms with E-state index in [1.807, 2.05) is 19.9 Å². The summed E-state index contributed by atoms with van der Waals surface area (Å²) in [5, 5.41) is 6.36. The number of aryl methyl sites for hydroxylation is 1. The Morgan fingerprint density at radius 2 is 1.93 bits per heavy atom. The Balaban J connectivity index is 1.86. The van der Waals surface area contributed by atoms with Gasteiger partial charge in [0, 0.05) is 37.0 Å². The number of rotatable bonds is 10. The van der Waals surface area contributed by atoms with Gasteiger partial charge in [-0.25, -0.2) is 4.99 Å². The highest BCUT2D eigenvalue weighted by Crippen LogP contribution is 2.20. The molecule has 0 bridgehead atoms. The fourth-order valence-electron chi connectivity index (χ4n) is 2.86. The van der Waals surface area contributed by atoms with E-state index in [4.69, 9.17) is 0 Å². The molecule has 2 N–H and O–H groups in total. The predicted molar refractivity (Wildman–Crippen MR) is 111 cm³/mol. The average molecular weight is 406 g/mol. The maximum Gasteiger partial charge on any atom is 0.387 e. The molecule has 158 valence electrons. The van der Waals surface area contributed by atoms with Crippen molar-refractivity contribution in [1.29, 1.82) is 0 Å². The van der Waals surface area contributed by atoms with E-state index in [2.05, 4.69) is 20.4 Å². The molecule has 2 aromatic rings. The first-order chi connectivity index (χ1) is 14.0. The van der Waals surface area contributed by atoms with E-state index < -0.39 is 6.61 Å². The Hall–Kier alpha value is -2.90. The first-order valence-corrected chi connectivity index (χ1v) is 9.72. The van der Waals surface area contributed by atoms with Gasteiger partial charge in [0.15, 0.2) is 5.96 Å². The number of pyridine rings is 1. The highest BCUT2D eigenvalue weighted by atomic mass is 19.3. The van der Waals surface area contributed by atoms with Crippen LogP contribution >= 0.6 is 0 Å². The number of aliphatic imine (C=N–C) groups is 1. The Labute approximate surface area is 169 Å². The van der Waals surface area contributed by atoms with Crippen LogP contribution in [0.1, 0.15) is 31.0 Å². The molecule has 0 aliphatic heterocycles. The van der Waals surface area contributed by atoms with Crippen LogP contribution in [0.5, 0.6) is 5.75 Å². The molecule has 6 nitrogen and oxygen atoms in total. The standard InChI is InChI=1S/C21H28F2N4O2/c1-3-24-21(26-15-17-10-4-5-11-18(17)29-20(22)23)25-13-6-7-14-27-16(2)9-8-12-19(27)28/h4-5,8-12,20H,3,6-7,13-15H2,1-2H3,(H2,24,25,26). The summed E-state index contributed by atoms with van der Waals surface area (Å²) in [6, 6.07) is 11.9. The minimum Gasteiger partial charge on any atom is -0.434 e. The number of nitrogens with zero attached hydrogens (tertiary/aromatic N) is 2. The minimum absolute atomic E-state index is 0.0116. The number of para-hydroxylation sites is 1. The molecule has 0 aliphatic rings. The summed E-state index contributed by atoms with van der Waals surface area (Å²) in [6.07, 6.45) is 1.71. The van der Waals surface area contributed by atoms with E-state index in [0.29, 0.717) is 31.2 Å². The van der Waals surface area contributed by atoms with Gasteiger partial charge in [-0.15, -0.1) is 0 Å². The maximum absolute atomic E-state index is 12.5. The summed E-state index contributed by atoms with van der Waals surface area (Å²) in [5.41, 5.74) is 1.55. The molecule has 1 aromatic heterocycles. The zero-order chi connectivity index (χ0) is 21.1. The van der Waals surface area contributed by atoms with Gasteiger partial charge >= 0.3 is 6.61 Å². The molecule has 0 saturated carbocycles. The Kier molecular flexibility index (Phi) is 9.14. The fourth-order valence-corrected chi connectivity index (χ4v) is 2.86. The number of guanidine groups is 1. The molecule has 2 rings (SSSR count). The zero-order valence-corrected chi connectivity index (χ0v) is 16.8. The van der Waals surface area contributed by atoms with Crippen molar-refractivity contribution in [3.05, 3.63) is 64.1 Å². The van der Waals surface area contributed by atoms with E-state index in [0.717, 1.165) is 18.5 Å². The molecule has 0 amide bonds. The van der Waals surface area contributed by atoms with Crippen molar-refractivity contribution >= 4 is 5.96 Å². The van der Waals surface area contributed by atoms with Crippen molar-refractivity contribution in [2.75, 3.05) is 13.1 Å². The molecule has 0 spiro atoms. The molecule has 0 radical (unpaired) electrons. The van der Waals surface area contributed by atoms with Crippen molar-refractivity contribution in [1.82, 2.24) is 15.2 Å². The SMILES string of the molecule is CCNC(=NCc1ccccc1OC(F)F)NCCCCn1c(C)cccc1=O. The maximum atomic E-state index is 12.5. The van der Waals surface area contributed by atoms with Crippen LogP contribution in [-0.4, -0.2) is 30.2 Å². The number of benzene rings is 1. The first kappa shape index (κ1) is 22.4. The summed E-state index contributed by atoms with van der Waals surface area (Å²) < 4.78 is 31.4. The van der Waals surface area contributed by atoms with Crippen molar-refractivity contribution in [2.45, 2.75) is 46.4 Å². The van der Waals surface area contributed by atoms with Gasteiger partial charge in [0.2, 0.25) is 0 Å². The topological polar surface area (TPSA) is 67.7 Å². The number of ether oxygens (including phenoxy) is 1. The van der Waals surface area contributed by atoms with Crippen LogP contribution in [0.25, 0.3) is 0 Å². The number of aromatic nitrogens is 1. The van der Waals surface area contributed by atoms with Gasteiger partial charge in [-0.2, -0.15) is 8.78 Å². The van der Waals surface area contributed by atoms with Crippen LogP contribution in [0.3, 0.4) is 0 Å². The Morgan fingerprint density at radius 3 is 2.66 bits per heavy atom. The lowest BCUT2D eigenvalue weighted by atomic mass is 10.2. The van der Waals surface area contributed by atoms with Crippen molar-refractivity contribution in [3.63, 3.8) is 0 Å². The summed E-state index contributed by atoms with van der Waals surface area (Å²) in [7, 11) is 0. The largest absolute Gasteiger partial charge is 0.434 e. The number of hydrogen-bond acceptors (Lipinski definition) is 3. The molecular weight excluding hydrogens is 378 g/mol. The molecular formula is C21H28F2N4O2. The van der Waals surface area contributed by atoms with Crippen LogP contribution in [0.15, 0.2) is 52.3 Å². The highest BCUT2D eigenvalue weighted by molar-refractivity contribution is 5.79. The number of alkyl halides is 2. The summed E-state index contributed by atoms with van der Waals surface area (Å²) >= 11 is 0. The second-order valence-electron chi connectivity index (χ2n) is 6.47. The number of hydrogen-bond donors (Lipinski definition) is 2. The first-order valence-electron chi connectivity index (χ1n) is 9.72. The van der Waals surface area contributed by atoms with Gasteiger partial charge in [-0.05, 0) is 38.8 Å². The minimum atomic E-state index is -2.87. The van der Waals surface area contributed by atoms with Gasteiger partial charge in [0.1, 0.15) is 5.75 Å². The molecule has 29 heavy (non-hydrogen) atoms. The molecule has 0 atom stereocenters. The third-order valence-corrected chi connectivity index (χ3v) is 4.31. The second kappa shape index (κ2) is 11.8. The van der Waals surface area contributed by atoms with Crippen LogP contribution < -0.4 is 20.9 Å². The van der Waals surface area contributed by atoms with Gasteiger partial charge in [0.25, 0.3) is 5.56 Å². The van der Waals surface area contributed by atoms with E-state index in [9.17, 15) is 13.6 Å². The number of unbranched alkanes of at least 4 members (excludes halogenated alkanes) is 1. The van der Waals surface area contributed by atoms with E-state index >= 15 is 0 Å². The van der Waals surface area contributed by atoms with E-state index in [1.165, 1.54) is 6.07 Å². The Bertz CT molecular complexity index is 853. The average Bonchev–Trinajstić information content (AvgIpc) is 2.68. The van der Waals surface area contributed by atoms with Gasteiger partial charge in [0.05, 0.1) is 6.54 Å². The highest BCUT2D eigenvalue weighted by Gasteiger charge is 2.09. The molecule has 1 heterocycles. The third-order valence-electron chi connectivity index (χ3n) is 4.31. The second-order valence-corrected chi connectivity index (χ2v) is 6.47. The van der Waals surface area contributed by atoms with Crippen molar-refractivity contribution in [2.24, 2.45) is 4.99 Å². The quantitative estimate of drug-likeness (QED) is 0.361. The molecule has 1 aromatic carbocycles. The third kappa shape index (κ3) is 7.56. The van der Waals surface area contributed by atoms with E-state index in [-0.39, 0.29) is 17.9 Å². The van der Waals surface area contributed by atoms with Gasteiger partial charge < -0.3 is 19.9 Å². The lowest BCUT2D eigenvalue weighted by molar-refractivity contribution is -0.0504. The lowest BCUT2D eigenvalue weighted by Gasteiger charge is -2.13. The molecule has 8 heteroatoms. The summed E-state index contributed by atoms with van der Waals surface area (Å²) in [4.78, 5) is 16.3. The lowest BCUT2D eigenvalue weighted by Crippen LogP contribution is -2.37. The van der Waals surface area contributed by atoms with Crippen LogP contribution in [0.4, 0.5) is 8.78 Å². The molecule has 0 aliphatic carbocycles. The number of halogens is 2.